The number of benzene rings is 1. The molecular weight excluding hydrogens is 360 g/mol. The SMILES string of the molecule is CCOC(=O)Cn1c(=O)oc2cc(S(=O)(=O)N3CCC(C)CC3)ccc21. The lowest BCUT2D eigenvalue weighted by atomic mass is 10.0. The lowest BCUT2D eigenvalue weighted by Crippen LogP contribution is -2.37. The molecule has 1 aliphatic rings. The normalized spacial score (nSPS) is 16.8. The maximum atomic E-state index is 12.8. The Labute approximate surface area is 151 Å². The number of ether oxygens (including phenoxy) is 1. The van der Waals surface area contributed by atoms with Gasteiger partial charge >= 0.3 is 11.7 Å². The maximum absolute atomic E-state index is 12.8. The second kappa shape index (κ2) is 7.24. The molecule has 3 rings (SSSR count). The first-order chi connectivity index (χ1) is 12.3. The number of oxazole rings is 1. The predicted octanol–water partition coefficient (Wildman–Crippen LogP) is 1.58. The zero-order valence-corrected chi connectivity index (χ0v) is 15.6. The van der Waals surface area contributed by atoms with E-state index in [-0.39, 0.29) is 23.6 Å². The van der Waals surface area contributed by atoms with Crippen molar-refractivity contribution in [2.75, 3.05) is 19.7 Å². The summed E-state index contributed by atoms with van der Waals surface area (Å²) in [6.07, 6.45) is 1.65. The molecule has 1 aliphatic heterocycles. The van der Waals surface area contributed by atoms with Gasteiger partial charge in [-0.2, -0.15) is 4.31 Å². The second-order valence-corrected chi connectivity index (χ2v) is 8.41. The number of piperidine rings is 1. The Kier molecular flexibility index (Phi) is 5.19. The standard InChI is InChI=1S/C17H22N2O6S/c1-3-24-16(20)11-19-14-5-4-13(10-15(14)25-17(19)21)26(22,23)18-8-6-12(2)7-9-18/h4-5,10,12H,3,6-9,11H2,1-2H3. The summed E-state index contributed by atoms with van der Waals surface area (Å²) < 4.78 is 38.2. The summed E-state index contributed by atoms with van der Waals surface area (Å²) >= 11 is 0. The molecule has 8 nitrogen and oxygen atoms in total. The smallest absolute Gasteiger partial charge is 0.420 e. The van der Waals surface area contributed by atoms with Crippen LogP contribution in [-0.2, 0) is 26.1 Å². The lowest BCUT2D eigenvalue weighted by Gasteiger charge is -2.29. The quantitative estimate of drug-likeness (QED) is 0.728. The molecule has 1 aromatic carbocycles. The van der Waals surface area contributed by atoms with Gasteiger partial charge in [-0.1, -0.05) is 6.92 Å². The van der Waals surface area contributed by atoms with E-state index in [1.54, 1.807) is 6.92 Å². The fourth-order valence-corrected chi connectivity index (χ4v) is 4.55. The van der Waals surface area contributed by atoms with E-state index in [9.17, 15) is 18.0 Å². The van der Waals surface area contributed by atoms with Gasteiger partial charge in [0, 0.05) is 19.2 Å². The molecule has 2 aromatic rings. The van der Waals surface area contributed by atoms with Crippen molar-refractivity contribution in [3.8, 4) is 0 Å². The summed E-state index contributed by atoms with van der Waals surface area (Å²) in [4.78, 5) is 23.7. The van der Waals surface area contributed by atoms with Crippen molar-refractivity contribution in [1.29, 1.82) is 0 Å². The number of hydrogen-bond acceptors (Lipinski definition) is 6. The average Bonchev–Trinajstić information content (AvgIpc) is 2.90. The number of carbonyl (C=O) groups excluding carboxylic acids is 1. The highest BCUT2D eigenvalue weighted by Crippen LogP contribution is 2.25. The topological polar surface area (TPSA) is 98.8 Å². The van der Waals surface area contributed by atoms with Crippen molar-refractivity contribution < 1.29 is 22.4 Å². The molecule has 9 heteroatoms. The molecule has 142 valence electrons. The van der Waals surface area contributed by atoms with E-state index in [1.807, 2.05) is 0 Å². The van der Waals surface area contributed by atoms with E-state index in [1.165, 1.54) is 22.5 Å². The first-order valence-electron chi connectivity index (χ1n) is 8.62. The fourth-order valence-electron chi connectivity index (χ4n) is 3.07. The van der Waals surface area contributed by atoms with Crippen LogP contribution in [0.2, 0.25) is 0 Å². The Bertz CT molecular complexity index is 967. The van der Waals surface area contributed by atoms with Gasteiger partial charge in [0.15, 0.2) is 5.58 Å². The lowest BCUT2D eigenvalue weighted by molar-refractivity contribution is -0.143. The van der Waals surface area contributed by atoms with Crippen LogP contribution in [-0.4, -0.2) is 43.0 Å². The van der Waals surface area contributed by atoms with Gasteiger partial charge in [0.1, 0.15) is 6.54 Å². The first-order valence-corrected chi connectivity index (χ1v) is 10.1. The van der Waals surface area contributed by atoms with E-state index in [0.717, 1.165) is 17.4 Å². The van der Waals surface area contributed by atoms with Crippen molar-refractivity contribution in [2.24, 2.45) is 5.92 Å². The van der Waals surface area contributed by atoms with Crippen molar-refractivity contribution in [3.63, 3.8) is 0 Å². The number of carbonyl (C=O) groups is 1. The van der Waals surface area contributed by atoms with Crippen LogP contribution in [0.4, 0.5) is 0 Å². The molecule has 1 saturated heterocycles. The van der Waals surface area contributed by atoms with Gasteiger partial charge < -0.3 is 9.15 Å². The van der Waals surface area contributed by atoms with Crippen LogP contribution >= 0.6 is 0 Å². The fraction of sp³-hybridized carbons (Fsp3) is 0.529. The maximum Gasteiger partial charge on any atom is 0.420 e. The highest BCUT2D eigenvalue weighted by Gasteiger charge is 2.28. The van der Waals surface area contributed by atoms with Crippen molar-refractivity contribution in [1.82, 2.24) is 8.87 Å². The molecule has 1 fully saturated rings. The Balaban J connectivity index is 1.93. The number of aromatic nitrogens is 1. The number of fused-ring (bicyclic) bond motifs is 1. The molecule has 1 aromatic heterocycles. The minimum absolute atomic E-state index is 0.0802. The van der Waals surface area contributed by atoms with Gasteiger partial charge in [0.25, 0.3) is 0 Å². The zero-order chi connectivity index (χ0) is 18.9. The molecular formula is C17H22N2O6S. The predicted molar refractivity (Wildman–Crippen MR) is 94.3 cm³/mol. The van der Waals surface area contributed by atoms with Crippen LogP contribution < -0.4 is 5.76 Å². The third-order valence-electron chi connectivity index (χ3n) is 4.61. The van der Waals surface area contributed by atoms with Gasteiger partial charge in [-0.3, -0.25) is 9.36 Å². The zero-order valence-electron chi connectivity index (χ0n) is 14.8. The number of hydrogen-bond donors (Lipinski definition) is 0. The third kappa shape index (κ3) is 3.54. The van der Waals surface area contributed by atoms with Crippen LogP contribution in [0.1, 0.15) is 26.7 Å². The highest BCUT2D eigenvalue weighted by molar-refractivity contribution is 7.89. The Hall–Kier alpha value is -2.13. The Morgan fingerprint density at radius 1 is 1.31 bits per heavy atom. The van der Waals surface area contributed by atoms with Crippen LogP contribution in [0.15, 0.2) is 32.3 Å². The molecule has 0 spiro atoms. The summed E-state index contributed by atoms with van der Waals surface area (Å²) in [5.41, 5.74) is 0.486. The summed E-state index contributed by atoms with van der Waals surface area (Å²) in [6, 6.07) is 4.26. The van der Waals surface area contributed by atoms with E-state index in [2.05, 4.69) is 6.92 Å². The van der Waals surface area contributed by atoms with Gasteiger partial charge in [-0.05, 0) is 37.8 Å². The largest absolute Gasteiger partial charge is 0.465 e. The van der Waals surface area contributed by atoms with Gasteiger partial charge in [-0.25, -0.2) is 13.2 Å². The van der Waals surface area contributed by atoms with E-state index >= 15 is 0 Å². The number of sulfonamides is 1. The molecule has 0 radical (unpaired) electrons. The van der Waals surface area contributed by atoms with Gasteiger partial charge in [-0.15, -0.1) is 0 Å². The van der Waals surface area contributed by atoms with Crippen molar-refractivity contribution >= 4 is 27.1 Å². The van der Waals surface area contributed by atoms with Crippen LogP contribution in [0.3, 0.4) is 0 Å². The first kappa shape index (κ1) is 18.7. The summed E-state index contributed by atoms with van der Waals surface area (Å²) in [6.45, 7) is 4.67. The van der Waals surface area contributed by atoms with E-state index in [4.69, 9.17) is 9.15 Å². The highest BCUT2D eigenvalue weighted by atomic mass is 32.2. The van der Waals surface area contributed by atoms with Crippen LogP contribution in [0.5, 0.6) is 0 Å². The Morgan fingerprint density at radius 2 is 2.00 bits per heavy atom. The summed E-state index contributed by atoms with van der Waals surface area (Å²) in [5.74, 6) is -0.773. The summed E-state index contributed by atoms with van der Waals surface area (Å²) in [5, 5.41) is 0. The van der Waals surface area contributed by atoms with Crippen LogP contribution in [0, 0.1) is 5.92 Å². The molecule has 0 N–H and O–H groups in total. The second-order valence-electron chi connectivity index (χ2n) is 6.48. The third-order valence-corrected chi connectivity index (χ3v) is 6.51. The minimum Gasteiger partial charge on any atom is -0.465 e. The molecule has 0 amide bonds. The van der Waals surface area contributed by atoms with Crippen molar-refractivity contribution in [3.05, 3.63) is 28.7 Å². The van der Waals surface area contributed by atoms with E-state index < -0.39 is 21.7 Å². The van der Waals surface area contributed by atoms with Gasteiger partial charge in [0.05, 0.1) is 17.0 Å². The van der Waals surface area contributed by atoms with Gasteiger partial charge in [0.2, 0.25) is 10.0 Å². The molecule has 26 heavy (non-hydrogen) atoms. The van der Waals surface area contributed by atoms with E-state index in [0.29, 0.717) is 24.5 Å². The number of rotatable bonds is 5. The molecule has 0 saturated carbocycles. The van der Waals surface area contributed by atoms with Crippen molar-refractivity contribution in [2.45, 2.75) is 38.1 Å². The summed E-state index contributed by atoms with van der Waals surface area (Å²) in [7, 11) is -3.64. The van der Waals surface area contributed by atoms with Crippen LogP contribution in [0.25, 0.3) is 11.1 Å². The molecule has 0 unspecified atom stereocenters. The molecule has 2 heterocycles. The monoisotopic (exact) mass is 382 g/mol. The molecule has 0 atom stereocenters. The number of nitrogens with zero attached hydrogens (tertiary/aromatic N) is 2. The molecule has 0 bridgehead atoms. The molecule has 0 aliphatic carbocycles. The minimum atomic E-state index is -3.64. The average molecular weight is 382 g/mol. The Morgan fingerprint density at radius 3 is 2.65 bits per heavy atom. The number of esters is 1.